The Bertz CT molecular complexity index is 4270. The van der Waals surface area contributed by atoms with Gasteiger partial charge in [0.1, 0.15) is 110 Å². The molecule has 19 atom stereocenters. The van der Waals surface area contributed by atoms with Gasteiger partial charge in [-0.05, 0) is 31.9 Å². The zero-order valence-corrected chi connectivity index (χ0v) is 51.9. The first kappa shape index (κ1) is 65.5. The van der Waals surface area contributed by atoms with Crippen molar-refractivity contribution in [2.45, 2.75) is 98.2 Å². The third kappa shape index (κ3) is 12.8. The summed E-state index contributed by atoms with van der Waals surface area (Å²) in [4.78, 5) is 101. The Balaban J connectivity index is 0.773. The van der Waals surface area contributed by atoms with E-state index >= 15 is 0 Å². The highest BCUT2D eigenvalue weighted by Crippen LogP contribution is 2.55. The Hall–Kier alpha value is -5.56. The Morgan fingerprint density at radius 1 is 0.418 bits per heavy atom. The minimum atomic E-state index is -5.71. The molecule has 492 valence electrons. The first-order valence-electron chi connectivity index (χ1n) is 25.8. The molecule has 0 bridgehead atoms. The number of nitrogen functional groups attached to an aromatic ring is 4. The van der Waals surface area contributed by atoms with Crippen molar-refractivity contribution in [2.24, 2.45) is 0 Å². The summed E-state index contributed by atoms with van der Waals surface area (Å²) in [7, 11) is -22.0. The molecule has 0 aromatic carbocycles. The molecule has 3 unspecified atom stereocenters. The van der Waals surface area contributed by atoms with E-state index in [1.165, 1.54) is 4.57 Å². The van der Waals surface area contributed by atoms with Crippen LogP contribution in [-0.2, 0) is 68.9 Å². The predicted octanol–water partition coefficient (Wildman–Crippen LogP) is -2.79. The van der Waals surface area contributed by atoms with Crippen molar-refractivity contribution in [2.75, 3.05) is 49.4 Å². The second-order valence-corrected chi connectivity index (χ2v) is 26.9. The molecule has 0 radical (unpaired) electrons. The molecule has 0 aliphatic carbocycles. The normalized spacial score (nSPS) is 30.9. The van der Waals surface area contributed by atoms with Gasteiger partial charge >= 0.3 is 31.3 Å². The van der Waals surface area contributed by atoms with Crippen molar-refractivity contribution >= 4 is 131 Å². The molecule has 8 aromatic heterocycles. The molecule has 0 saturated carbocycles. The van der Waals surface area contributed by atoms with E-state index in [2.05, 4.69) is 96.2 Å². The lowest BCUT2D eigenvalue weighted by atomic mass is 10.1. The number of halogens is 2. The average Bonchev–Trinajstić information content (AvgIpc) is 1.65. The fraction of sp³-hybridized carbons (Fsp3) is 0.500. The number of hydrogen-bond donors (Lipinski definition) is 14. The summed E-state index contributed by atoms with van der Waals surface area (Å²) in [5.41, 5.74) is 23.8. The maximum absolute atomic E-state index is 14.3. The number of anilines is 4. The molecule has 4 aliphatic rings. The number of ether oxygens (including phenoxy) is 4. The fourth-order valence-corrected chi connectivity index (χ4v) is 14.5. The molecule has 12 heterocycles. The predicted molar refractivity (Wildman–Crippen MR) is 300 cm³/mol. The number of rotatable bonds is 22. The van der Waals surface area contributed by atoms with Crippen LogP contribution < -0.4 is 22.9 Å². The Morgan fingerprint density at radius 3 is 1.19 bits per heavy atom. The van der Waals surface area contributed by atoms with E-state index in [0.717, 1.165) is 51.7 Å². The number of aliphatic hydroxyl groups excluding tert-OH is 5. The highest BCUT2D eigenvalue weighted by Gasteiger charge is 2.55. The number of nitrogens with zero attached hydrogens (tertiary/aromatic N) is 16. The summed E-state index contributed by atoms with van der Waals surface area (Å²) >= 11 is 6.48. The van der Waals surface area contributed by atoms with Gasteiger partial charge in [-0.15, -0.1) is 0 Å². The van der Waals surface area contributed by atoms with Crippen LogP contribution in [0, 0.1) is 0 Å². The lowest BCUT2D eigenvalue weighted by molar-refractivity contribution is -0.0658. The third-order valence-electron chi connectivity index (χ3n) is 14.4. The van der Waals surface area contributed by atoms with Crippen LogP contribution in [0.4, 0.5) is 23.3 Å². The van der Waals surface area contributed by atoms with Crippen LogP contribution in [0.2, 0.25) is 0 Å². The van der Waals surface area contributed by atoms with Gasteiger partial charge in [0.2, 0.25) is 0 Å². The van der Waals surface area contributed by atoms with Crippen molar-refractivity contribution in [3.63, 3.8) is 0 Å². The number of fused-ring (bicyclic) bond motifs is 4. The van der Waals surface area contributed by atoms with Crippen LogP contribution in [-0.4, -0.2) is 228 Å². The van der Waals surface area contributed by atoms with Crippen molar-refractivity contribution in [3.8, 4) is 0 Å². The third-order valence-corrected chi connectivity index (χ3v) is 19.0. The SMILES string of the molecule is Nc1ncnc2c1ncn2[C@@H]1O[C@H](COP(=O)(O)O)[C@@H](O)[C@H]1OP(=O)(O)OC[C@H]1O[C@@H](n2cnc3c(N)ncnc32)[C@H](OP(=O)(O)OC[C@H]2O[C@@H](n3c(Br)nc4c(N)ncnc43)[C@H](O)[C@@H]2OP(=O)(O)OC[C@H]2O[C@@H](n3c(Br)nc4c(N)ncnc43)[C@H](O)[C@@H]2O)[C@@H]1O. The molecular weight excluding hydrogens is 1440 g/mol. The van der Waals surface area contributed by atoms with Gasteiger partial charge in [-0.1, -0.05) is 0 Å². The first-order valence-corrected chi connectivity index (χ1v) is 33.4. The minimum absolute atomic E-state index is 0.00654. The lowest BCUT2D eigenvalue weighted by Gasteiger charge is -2.26. The molecular formula is C40H48Br2N20O25P4. The van der Waals surface area contributed by atoms with Crippen LogP contribution in [0.15, 0.2) is 47.4 Å². The smallest absolute Gasteiger partial charge is 0.387 e. The van der Waals surface area contributed by atoms with Gasteiger partial charge in [0.15, 0.2) is 91.3 Å². The highest BCUT2D eigenvalue weighted by molar-refractivity contribution is 9.10. The number of nitrogens with two attached hydrogens (primary N) is 4. The standard InChI is InChI=1S/C40H48Br2N20O25P4/c41-39-57-17-29(45)49-7-53-33(17)61(39)35-22(66)19(63)11(81-35)2-78-89(71,72)85-24-14(84-36(23(24)67)62-34-18(58-40(62)42)30(46)50-8-54-34)4-80-91(75,76)87-26-21(65)13(83-38(26)60-10-56-16-28(44)48-6-52-32(16)60)3-79-90(73,74)86-25-20(64)12(1-77-88(68,69)70)82-37(25)59-9-55-15-27(43)47-5-51-31(15)59/h5-14,19-26,35-38,63-67H,1-4H2,(H,71,72)(H,73,74)(H,75,76)(H2,43,47,51)(H2,44,48,52)(H2,45,49,53)(H2,46,50,54)(H2,68,69,70)/t11-,12-,13-,14-,19-,20-,21-,22-,23-,24-,25-,26-,35-,36-,37-,38-/m1/s1. The van der Waals surface area contributed by atoms with Crippen molar-refractivity contribution in [3.05, 3.63) is 47.4 Å². The summed E-state index contributed by atoms with van der Waals surface area (Å²) < 4.78 is 119. The summed E-state index contributed by atoms with van der Waals surface area (Å²) in [6, 6.07) is 0. The molecule has 0 spiro atoms. The first-order chi connectivity index (χ1) is 43.0. The molecule has 91 heavy (non-hydrogen) atoms. The van der Waals surface area contributed by atoms with E-state index in [-0.39, 0.29) is 77.4 Å². The number of aromatic nitrogens is 16. The largest absolute Gasteiger partial charge is 0.472 e. The summed E-state index contributed by atoms with van der Waals surface area (Å²) in [6.45, 7) is -4.31. The topological polar surface area (TPSA) is 651 Å². The van der Waals surface area contributed by atoms with E-state index in [1.54, 1.807) is 0 Å². The summed E-state index contributed by atoms with van der Waals surface area (Å²) in [5.74, 6) is -0.435. The van der Waals surface area contributed by atoms with Crippen LogP contribution in [0.5, 0.6) is 0 Å². The van der Waals surface area contributed by atoms with E-state index in [9.17, 15) is 68.3 Å². The van der Waals surface area contributed by atoms with Gasteiger partial charge < -0.3 is 91.9 Å². The molecule has 4 fully saturated rings. The lowest BCUT2D eigenvalue weighted by Crippen LogP contribution is -2.37. The number of phosphoric acid groups is 4. The van der Waals surface area contributed by atoms with Gasteiger partial charge in [-0.3, -0.25) is 49.9 Å². The van der Waals surface area contributed by atoms with Crippen molar-refractivity contribution in [1.82, 2.24) is 78.1 Å². The molecule has 0 amide bonds. The van der Waals surface area contributed by atoms with Crippen molar-refractivity contribution < 1.29 is 119 Å². The average molecular weight is 1490 g/mol. The summed E-state index contributed by atoms with van der Waals surface area (Å²) in [6.07, 6.45) is -23.3. The molecule has 8 aromatic rings. The molecule has 4 aliphatic heterocycles. The molecule has 45 nitrogen and oxygen atoms in total. The van der Waals surface area contributed by atoms with E-state index in [1.807, 2.05) is 0 Å². The van der Waals surface area contributed by atoms with Gasteiger partial charge in [-0.2, -0.15) is 0 Å². The molecule has 51 heteroatoms. The maximum atomic E-state index is 14.3. The van der Waals surface area contributed by atoms with Crippen LogP contribution in [0.1, 0.15) is 24.9 Å². The zero-order valence-electron chi connectivity index (χ0n) is 45.1. The highest BCUT2D eigenvalue weighted by atomic mass is 79.9. The number of aliphatic hydroxyl groups is 5. The Morgan fingerprint density at radius 2 is 0.758 bits per heavy atom. The second kappa shape index (κ2) is 25.0. The second-order valence-electron chi connectivity index (χ2n) is 20.0. The summed E-state index contributed by atoms with van der Waals surface area (Å²) in [5, 5.41) is 57.3. The quantitative estimate of drug-likeness (QED) is 0.0241. The maximum Gasteiger partial charge on any atom is 0.472 e. The monoisotopic (exact) mass is 1490 g/mol. The molecule has 4 saturated heterocycles. The Kier molecular flexibility index (Phi) is 18.0. The van der Waals surface area contributed by atoms with Gasteiger partial charge in [-0.25, -0.2) is 78.1 Å². The number of imidazole rings is 4. The van der Waals surface area contributed by atoms with Gasteiger partial charge in [0, 0.05) is 0 Å². The Labute approximate surface area is 520 Å². The zero-order chi connectivity index (χ0) is 65.0. The fourth-order valence-electron chi connectivity index (χ4n) is 10.3. The van der Waals surface area contributed by atoms with Crippen LogP contribution >= 0.6 is 63.2 Å². The van der Waals surface area contributed by atoms with Crippen LogP contribution in [0.25, 0.3) is 44.7 Å². The van der Waals surface area contributed by atoms with E-state index < -0.39 is 156 Å². The minimum Gasteiger partial charge on any atom is -0.387 e. The van der Waals surface area contributed by atoms with Gasteiger partial charge in [0.25, 0.3) is 0 Å². The molecule has 12 rings (SSSR count). The van der Waals surface area contributed by atoms with Crippen molar-refractivity contribution in [1.29, 1.82) is 0 Å². The number of hydrogen-bond acceptors (Lipinski definition) is 36. The number of phosphoric ester groups is 4. The van der Waals surface area contributed by atoms with E-state index in [0.29, 0.717) is 0 Å². The van der Waals surface area contributed by atoms with Gasteiger partial charge in [0.05, 0.1) is 39.1 Å². The molecule has 18 N–H and O–H groups in total. The van der Waals surface area contributed by atoms with Crippen LogP contribution in [0.3, 0.4) is 0 Å². The van der Waals surface area contributed by atoms with E-state index in [4.69, 9.17) is 69.0 Å².